The first-order valence-corrected chi connectivity index (χ1v) is 10.2. The summed E-state index contributed by atoms with van der Waals surface area (Å²) < 4.78 is 10.7. The van der Waals surface area contributed by atoms with E-state index in [1.807, 2.05) is 50.2 Å². The fraction of sp³-hybridized carbons (Fsp3) is 0.227. The predicted molar refractivity (Wildman–Crippen MR) is 117 cm³/mol. The number of carbonyl (C=O) groups is 1. The van der Waals surface area contributed by atoms with Crippen molar-refractivity contribution in [2.24, 2.45) is 0 Å². The van der Waals surface area contributed by atoms with Gasteiger partial charge in [0, 0.05) is 28.5 Å². The number of aryl methyl sites for hydroxylation is 1. The quantitative estimate of drug-likeness (QED) is 0.528. The molecule has 30 heavy (non-hydrogen) atoms. The lowest BCUT2D eigenvalue weighted by atomic mass is 10.1. The van der Waals surface area contributed by atoms with Crippen LogP contribution in [0.25, 0.3) is 0 Å². The highest BCUT2D eigenvalue weighted by Gasteiger charge is 2.16. The Morgan fingerprint density at radius 3 is 2.50 bits per heavy atom. The van der Waals surface area contributed by atoms with E-state index in [2.05, 4.69) is 20.6 Å². The van der Waals surface area contributed by atoms with Crippen molar-refractivity contribution in [3.63, 3.8) is 0 Å². The van der Waals surface area contributed by atoms with Gasteiger partial charge in [-0.15, -0.1) is 0 Å². The molecule has 0 bridgehead atoms. The highest BCUT2D eigenvalue weighted by Crippen LogP contribution is 2.30. The van der Waals surface area contributed by atoms with Gasteiger partial charge >= 0.3 is 6.03 Å². The summed E-state index contributed by atoms with van der Waals surface area (Å²) in [6.07, 6.45) is 3.42. The lowest BCUT2D eigenvalue weighted by molar-refractivity contribution is 0.249. The molecule has 0 spiro atoms. The second kappa shape index (κ2) is 9.98. The minimum atomic E-state index is -0.303. The second-order valence-corrected chi connectivity index (χ2v) is 7.58. The molecule has 156 valence electrons. The van der Waals surface area contributed by atoms with Crippen LogP contribution in [0.4, 0.5) is 10.5 Å². The van der Waals surface area contributed by atoms with Crippen molar-refractivity contribution in [2.45, 2.75) is 29.9 Å². The van der Waals surface area contributed by atoms with Crippen LogP contribution in [-0.2, 0) is 0 Å². The molecule has 3 aromatic rings. The van der Waals surface area contributed by atoms with Crippen LogP contribution in [0, 0.1) is 6.92 Å². The molecule has 0 aliphatic heterocycles. The Morgan fingerprint density at radius 2 is 1.83 bits per heavy atom. The van der Waals surface area contributed by atoms with Crippen molar-refractivity contribution in [3.8, 4) is 11.5 Å². The number of carbonyl (C=O) groups excluding carboxylic acids is 1. The summed E-state index contributed by atoms with van der Waals surface area (Å²) in [5.74, 6) is 1.38. The number of rotatable bonds is 7. The number of nitrogens with one attached hydrogen (secondary N) is 2. The summed E-state index contributed by atoms with van der Waals surface area (Å²) in [4.78, 5) is 22.0. The summed E-state index contributed by atoms with van der Waals surface area (Å²) in [5, 5.41) is 6.52. The highest BCUT2D eigenvalue weighted by atomic mass is 32.2. The Morgan fingerprint density at radius 1 is 1.07 bits per heavy atom. The minimum absolute atomic E-state index is 0.277. The fourth-order valence-electron chi connectivity index (χ4n) is 2.89. The van der Waals surface area contributed by atoms with Crippen LogP contribution in [0.1, 0.15) is 24.1 Å². The van der Waals surface area contributed by atoms with E-state index in [1.54, 1.807) is 32.7 Å². The Hall–Kier alpha value is -3.26. The number of aromatic nitrogens is 2. The van der Waals surface area contributed by atoms with Gasteiger partial charge in [-0.1, -0.05) is 0 Å². The molecule has 1 aromatic heterocycles. The smallest absolute Gasteiger partial charge is 0.319 e. The topological polar surface area (TPSA) is 85.4 Å². The van der Waals surface area contributed by atoms with Crippen molar-refractivity contribution in [1.29, 1.82) is 0 Å². The third-order valence-corrected chi connectivity index (χ3v) is 5.33. The molecular weight excluding hydrogens is 400 g/mol. The standard InChI is InChI=1S/C22H24N4O3S/c1-14-12-17(30-22-23-10-5-11-24-22)7-8-19(14)26-21(27)25-15(2)18-13-16(28-3)6-9-20(18)29-4/h5-13,15H,1-4H3,(H2,25,26,27). The number of anilines is 1. The summed E-state index contributed by atoms with van der Waals surface area (Å²) in [7, 11) is 3.20. The lowest BCUT2D eigenvalue weighted by Crippen LogP contribution is -2.31. The van der Waals surface area contributed by atoms with Crippen LogP contribution >= 0.6 is 11.8 Å². The maximum absolute atomic E-state index is 12.6. The largest absolute Gasteiger partial charge is 0.497 e. The molecule has 1 unspecified atom stereocenters. The van der Waals surface area contributed by atoms with Gasteiger partial charge in [-0.05, 0) is 73.6 Å². The molecule has 2 aromatic carbocycles. The summed E-state index contributed by atoms with van der Waals surface area (Å²) in [6.45, 7) is 3.84. The van der Waals surface area contributed by atoms with E-state index in [0.29, 0.717) is 16.7 Å². The van der Waals surface area contributed by atoms with Crippen LogP contribution in [0.15, 0.2) is 64.9 Å². The van der Waals surface area contributed by atoms with Gasteiger partial charge in [0.25, 0.3) is 0 Å². The zero-order valence-corrected chi connectivity index (χ0v) is 18.1. The zero-order valence-electron chi connectivity index (χ0n) is 17.3. The normalized spacial score (nSPS) is 11.5. The Labute approximate surface area is 180 Å². The molecule has 3 rings (SSSR count). The molecule has 0 aliphatic rings. The van der Waals surface area contributed by atoms with Crippen LogP contribution in [0.5, 0.6) is 11.5 Å². The Balaban J connectivity index is 1.66. The zero-order chi connectivity index (χ0) is 21.5. The van der Waals surface area contributed by atoms with Crippen molar-refractivity contribution in [3.05, 3.63) is 66.0 Å². The fourth-order valence-corrected chi connectivity index (χ4v) is 3.70. The van der Waals surface area contributed by atoms with Gasteiger partial charge in [0.05, 0.1) is 20.3 Å². The third kappa shape index (κ3) is 5.42. The summed E-state index contributed by atoms with van der Waals surface area (Å²) >= 11 is 1.47. The van der Waals surface area contributed by atoms with E-state index in [0.717, 1.165) is 21.7 Å². The molecule has 0 aliphatic carbocycles. The number of ether oxygens (including phenoxy) is 2. The van der Waals surface area contributed by atoms with E-state index in [9.17, 15) is 4.79 Å². The van der Waals surface area contributed by atoms with Crippen LogP contribution in [0.3, 0.4) is 0 Å². The van der Waals surface area contributed by atoms with Crippen LogP contribution < -0.4 is 20.1 Å². The Bertz CT molecular complexity index is 1010. The third-order valence-electron chi connectivity index (χ3n) is 4.45. The van der Waals surface area contributed by atoms with Crippen molar-refractivity contribution < 1.29 is 14.3 Å². The minimum Gasteiger partial charge on any atom is -0.497 e. The van der Waals surface area contributed by atoms with Crippen molar-refractivity contribution in [2.75, 3.05) is 19.5 Å². The van der Waals surface area contributed by atoms with Gasteiger partial charge in [-0.3, -0.25) is 0 Å². The van der Waals surface area contributed by atoms with E-state index in [-0.39, 0.29) is 12.1 Å². The van der Waals surface area contributed by atoms with E-state index in [4.69, 9.17) is 9.47 Å². The first-order valence-electron chi connectivity index (χ1n) is 9.35. The molecule has 0 fully saturated rings. The van der Waals surface area contributed by atoms with Gasteiger partial charge in [0.2, 0.25) is 0 Å². The molecule has 2 amide bonds. The molecule has 0 radical (unpaired) electrons. The van der Waals surface area contributed by atoms with Gasteiger partial charge in [0.15, 0.2) is 5.16 Å². The number of hydrogen-bond acceptors (Lipinski definition) is 6. The highest BCUT2D eigenvalue weighted by molar-refractivity contribution is 7.99. The van der Waals surface area contributed by atoms with E-state index < -0.39 is 0 Å². The van der Waals surface area contributed by atoms with Crippen LogP contribution in [-0.4, -0.2) is 30.2 Å². The number of methoxy groups -OCH3 is 2. The molecule has 2 N–H and O–H groups in total. The van der Waals surface area contributed by atoms with E-state index in [1.165, 1.54) is 11.8 Å². The first kappa shape index (κ1) is 21.4. The second-order valence-electron chi connectivity index (χ2n) is 6.54. The molecule has 8 heteroatoms. The number of amides is 2. The van der Waals surface area contributed by atoms with Crippen LogP contribution in [0.2, 0.25) is 0 Å². The summed E-state index contributed by atoms with van der Waals surface area (Å²) in [5.41, 5.74) is 2.51. The first-order chi connectivity index (χ1) is 14.5. The van der Waals surface area contributed by atoms with Gasteiger partial charge < -0.3 is 20.1 Å². The molecule has 1 atom stereocenters. The number of hydrogen-bond donors (Lipinski definition) is 2. The molecule has 7 nitrogen and oxygen atoms in total. The average molecular weight is 425 g/mol. The van der Waals surface area contributed by atoms with Gasteiger partial charge in [0.1, 0.15) is 11.5 Å². The monoisotopic (exact) mass is 424 g/mol. The maximum Gasteiger partial charge on any atom is 0.319 e. The molecular formula is C22H24N4O3S. The predicted octanol–water partition coefficient (Wildman–Crippen LogP) is 4.84. The Kier molecular flexibility index (Phi) is 7.13. The maximum atomic E-state index is 12.6. The number of urea groups is 1. The van der Waals surface area contributed by atoms with E-state index >= 15 is 0 Å². The molecule has 0 saturated carbocycles. The average Bonchev–Trinajstić information content (AvgIpc) is 2.75. The number of nitrogens with zero attached hydrogens (tertiary/aromatic N) is 2. The number of benzene rings is 2. The van der Waals surface area contributed by atoms with Gasteiger partial charge in [-0.2, -0.15) is 0 Å². The van der Waals surface area contributed by atoms with Crippen molar-refractivity contribution >= 4 is 23.5 Å². The molecule has 1 heterocycles. The SMILES string of the molecule is COc1ccc(OC)c(C(C)NC(=O)Nc2ccc(Sc3ncccn3)cc2C)c1. The van der Waals surface area contributed by atoms with Crippen molar-refractivity contribution in [1.82, 2.24) is 15.3 Å². The van der Waals surface area contributed by atoms with Gasteiger partial charge in [-0.25, -0.2) is 14.8 Å². The summed E-state index contributed by atoms with van der Waals surface area (Å²) in [6, 6.07) is 12.5. The molecule has 0 saturated heterocycles. The lowest BCUT2D eigenvalue weighted by Gasteiger charge is -2.19.